The molecule has 0 aromatic heterocycles. The van der Waals surface area contributed by atoms with E-state index in [0.717, 1.165) is 68.2 Å². The Balaban J connectivity index is 0.000000947. The van der Waals surface area contributed by atoms with E-state index in [-0.39, 0.29) is 6.61 Å². The molecule has 242 valence electrons. The van der Waals surface area contributed by atoms with Crippen LogP contribution in [0.1, 0.15) is 109 Å². The standard InChI is InChI=1S/C26H42.2C2H6O.C2H6.3CH4O/c1-10-18-21(8)13-23(18,11-2)26-20-19(14(4)22(26,9)16(21)6)15(5)25(20)17(7)24(25,26)12-3;1-3-2;1-2-3;4*1-2/h14-20H,10-13H2,1-9H3;1-2H3;3H,2H2,1H3;1-2H3;3*2H,1H3. The average Bonchev–Trinajstić information content (AvgIpc) is 3.46. The van der Waals surface area contributed by atoms with Gasteiger partial charge in [-0.1, -0.05) is 82.6 Å². The fourth-order valence-electron chi connectivity index (χ4n) is 14.5. The molecule has 0 amide bonds. The van der Waals surface area contributed by atoms with Crippen molar-refractivity contribution in [1.82, 2.24) is 0 Å². The predicted molar refractivity (Wildman–Crippen MR) is 170 cm³/mol. The first-order chi connectivity index (χ1) is 19.0. The van der Waals surface area contributed by atoms with Crippen LogP contribution in [-0.2, 0) is 4.74 Å². The highest BCUT2D eigenvalue weighted by atomic mass is 16.4. The zero-order chi connectivity index (χ0) is 32.3. The Morgan fingerprint density at radius 1 is 0.750 bits per heavy atom. The molecule has 13 atom stereocenters. The molecule has 7 saturated carbocycles. The highest BCUT2D eigenvalue weighted by Gasteiger charge is 3.10. The number of ether oxygens (including phenoxy) is 1. The summed E-state index contributed by atoms with van der Waals surface area (Å²) in [6, 6.07) is 0. The summed E-state index contributed by atoms with van der Waals surface area (Å²) < 4.78 is 4.25. The first kappa shape index (κ1) is 39.8. The van der Waals surface area contributed by atoms with Crippen LogP contribution in [-0.4, -0.2) is 62.6 Å². The Morgan fingerprint density at radius 2 is 1.18 bits per heavy atom. The van der Waals surface area contributed by atoms with Crippen LogP contribution in [0.4, 0.5) is 0 Å². The third kappa shape index (κ3) is 3.57. The van der Waals surface area contributed by atoms with E-state index in [9.17, 15) is 0 Å². The predicted octanol–water partition coefficient (Wildman–Crippen LogP) is 7.15. The Kier molecular flexibility index (Phi) is 14.0. The minimum Gasteiger partial charge on any atom is -0.400 e. The van der Waals surface area contributed by atoms with Crippen molar-refractivity contribution < 1.29 is 25.2 Å². The molecular formula is C35H72O5. The van der Waals surface area contributed by atoms with Crippen LogP contribution in [0.5, 0.6) is 0 Å². The summed E-state index contributed by atoms with van der Waals surface area (Å²) in [7, 11) is 6.25. The van der Waals surface area contributed by atoms with Gasteiger partial charge in [-0.15, -0.1) is 0 Å². The lowest BCUT2D eigenvalue weighted by atomic mass is 9.15. The third-order valence-corrected chi connectivity index (χ3v) is 14.3. The van der Waals surface area contributed by atoms with E-state index >= 15 is 0 Å². The van der Waals surface area contributed by atoms with Crippen molar-refractivity contribution in [1.29, 1.82) is 0 Å². The van der Waals surface area contributed by atoms with Crippen LogP contribution < -0.4 is 0 Å². The fourth-order valence-corrected chi connectivity index (χ4v) is 14.5. The van der Waals surface area contributed by atoms with Gasteiger partial charge in [-0.3, -0.25) is 0 Å². The number of hydrogen-bond acceptors (Lipinski definition) is 5. The van der Waals surface area contributed by atoms with Crippen LogP contribution in [0, 0.1) is 73.9 Å². The molecule has 5 nitrogen and oxygen atoms in total. The average molecular weight is 573 g/mol. The van der Waals surface area contributed by atoms with Gasteiger partial charge in [0.15, 0.2) is 0 Å². The van der Waals surface area contributed by atoms with E-state index in [1.54, 1.807) is 27.6 Å². The maximum absolute atomic E-state index is 7.57. The van der Waals surface area contributed by atoms with E-state index in [1.807, 2.05) is 13.8 Å². The highest BCUT2D eigenvalue weighted by Crippen LogP contribution is 3.13. The fraction of sp³-hybridized carbons (Fsp3) is 1.00. The van der Waals surface area contributed by atoms with E-state index in [2.05, 4.69) is 67.1 Å². The highest BCUT2D eigenvalue weighted by molar-refractivity contribution is 5.56. The van der Waals surface area contributed by atoms with Crippen LogP contribution >= 0.6 is 0 Å². The van der Waals surface area contributed by atoms with Gasteiger partial charge in [0.1, 0.15) is 0 Å². The van der Waals surface area contributed by atoms with Gasteiger partial charge < -0.3 is 25.2 Å². The Bertz CT molecular complexity index is 773. The molecule has 0 heterocycles. The Labute approximate surface area is 249 Å². The lowest BCUT2D eigenvalue weighted by molar-refractivity contribution is -0.417. The molecule has 7 fully saturated rings. The maximum atomic E-state index is 7.57. The topological polar surface area (TPSA) is 90.2 Å². The molecule has 0 radical (unpaired) electrons. The van der Waals surface area contributed by atoms with Gasteiger partial charge in [0.05, 0.1) is 0 Å². The second-order valence-electron chi connectivity index (χ2n) is 13.3. The SMILES string of the molecule is CC.CCC1C2(C)CC1(CC)C13C4C(C(C)C1(C)C2C)C(C)C41C(C)C13CC.CCO.CO.CO.CO.COC. The molecule has 2 bridgehead atoms. The minimum absolute atomic E-state index is 0.250. The number of hydrogen-bond donors (Lipinski definition) is 4. The lowest BCUT2D eigenvalue weighted by Crippen LogP contribution is -2.84. The zero-order valence-corrected chi connectivity index (χ0v) is 29.8. The van der Waals surface area contributed by atoms with Gasteiger partial charge in [-0.2, -0.15) is 0 Å². The van der Waals surface area contributed by atoms with E-state index < -0.39 is 0 Å². The molecule has 5 heteroatoms. The molecule has 0 aliphatic heterocycles. The van der Waals surface area contributed by atoms with Gasteiger partial charge in [-0.05, 0) is 100 Å². The van der Waals surface area contributed by atoms with Gasteiger partial charge in [0.2, 0.25) is 0 Å². The van der Waals surface area contributed by atoms with Crippen LogP contribution in [0.3, 0.4) is 0 Å². The quantitative estimate of drug-likeness (QED) is 0.288. The first-order valence-corrected chi connectivity index (χ1v) is 16.3. The largest absolute Gasteiger partial charge is 0.400 e. The van der Waals surface area contributed by atoms with Gasteiger partial charge in [0.25, 0.3) is 0 Å². The molecule has 0 saturated heterocycles. The molecule has 7 aliphatic rings. The van der Waals surface area contributed by atoms with Crippen LogP contribution in [0.25, 0.3) is 0 Å². The van der Waals surface area contributed by atoms with E-state index in [4.69, 9.17) is 20.4 Å². The summed E-state index contributed by atoms with van der Waals surface area (Å²) >= 11 is 0. The molecule has 13 unspecified atom stereocenters. The maximum Gasteiger partial charge on any atom is 0.0402 e. The van der Waals surface area contributed by atoms with Crippen LogP contribution in [0.15, 0.2) is 0 Å². The lowest BCUT2D eigenvalue weighted by Gasteiger charge is -2.88. The summed E-state index contributed by atoms with van der Waals surface area (Å²) in [5.74, 6) is 6.94. The van der Waals surface area contributed by atoms with Crippen molar-refractivity contribution in [3.8, 4) is 0 Å². The number of rotatable bonds is 3. The van der Waals surface area contributed by atoms with E-state index in [1.165, 1.54) is 19.3 Å². The van der Waals surface area contributed by atoms with Crippen LogP contribution in [0.2, 0.25) is 0 Å². The molecule has 7 rings (SSSR count). The van der Waals surface area contributed by atoms with Gasteiger partial charge in [-0.25, -0.2) is 0 Å². The second-order valence-corrected chi connectivity index (χ2v) is 13.3. The molecule has 4 N–H and O–H groups in total. The first-order valence-electron chi connectivity index (χ1n) is 16.3. The second kappa shape index (κ2) is 14.1. The Hall–Kier alpha value is -0.200. The van der Waals surface area contributed by atoms with Crippen molar-refractivity contribution in [3.63, 3.8) is 0 Å². The summed E-state index contributed by atoms with van der Waals surface area (Å²) in [5, 5.41) is 28.6. The van der Waals surface area contributed by atoms with Gasteiger partial charge in [0, 0.05) is 42.2 Å². The molecule has 0 aromatic rings. The Morgan fingerprint density at radius 3 is 1.52 bits per heavy atom. The van der Waals surface area contributed by atoms with Crippen molar-refractivity contribution in [2.24, 2.45) is 73.9 Å². The van der Waals surface area contributed by atoms with Crippen molar-refractivity contribution >= 4 is 0 Å². The normalized spacial score (nSPS) is 51.4. The zero-order valence-electron chi connectivity index (χ0n) is 29.8. The van der Waals surface area contributed by atoms with Crippen molar-refractivity contribution in [2.45, 2.75) is 109 Å². The molecule has 7 aliphatic carbocycles. The minimum atomic E-state index is 0.250. The summed E-state index contributed by atoms with van der Waals surface area (Å²) in [6.07, 6.45) is 5.90. The van der Waals surface area contributed by atoms with Crippen molar-refractivity contribution in [3.05, 3.63) is 0 Å². The monoisotopic (exact) mass is 573 g/mol. The number of aliphatic hydroxyl groups excluding tert-OH is 4. The smallest absolute Gasteiger partial charge is 0.0402 e. The van der Waals surface area contributed by atoms with E-state index in [0.29, 0.717) is 27.1 Å². The molecule has 2 spiro atoms. The third-order valence-electron chi connectivity index (χ3n) is 14.3. The summed E-state index contributed by atoms with van der Waals surface area (Å²) in [5.41, 5.74) is 3.98. The summed E-state index contributed by atoms with van der Waals surface area (Å²) in [4.78, 5) is 0. The molecule has 0 aromatic carbocycles. The number of aliphatic hydroxyl groups is 4. The molecule has 40 heavy (non-hydrogen) atoms. The van der Waals surface area contributed by atoms with Crippen molar-refractivity contribution in [2.75, 3.05) is 42.2 Å². The van der Waals surface area contributed by atoms with Gasteiger partial charge >= 0.3 is 0 Å². The number of methoxy groups -OCH3 is 1. The molecular weight excluding hydrogens is 500 g/mol. The summed E-state index contributed by atoms with van der Waals surface area (Å²) in [6.45, 7) is 29.9.